The van der Waals surface area contributed by atoms with Gasteiger partial charge in [0.1, 0.15) is 5.82 Å². The molecule has 0 aliphatic carbocycles. The number of amides is 1. The minimum atomic E-state index is -0.349. The van der Waals surface area contributed by atoms with E-state index in [0.717, 1.165) is 0 Å². The van der Waals surface area contributed by atoms with Crippen LogP contribution in [-0.2, 0) is 4.79 Å². The summed E-state index contributed by atoms with van der Waals surface area (Å²) in [5.74, 6) is -0.322. The molecule has 1 aliphatic heterocycles. The second kappa shape index (κ2) is 4.22. The minimum Gasteiger partial charge on any atom is -0.311 e. The first-order chi connectivity index (χ1) is 7.08. The van der Waals surface area contributed by atoms with E-state index in [0.29, 0.717) is 23.1 Å². The zero-order valence-electron chi connectivity index (χ0n) is 7.71. The molecule has 1 saturated heterocycles. The van der Waals surface area contributed by atoms with Crippen LogP contribution in [0.5, 0.6) is 0 Å². The second-order valence-electron chi connectivity index (χ2n) is 3.40. The molecule has 1 aromatic rings. The van der Waals surface area contributed by atoms with Gasteiger partial charge in [0, 0.05) is 23.5 Å². The number of rotatable bonds is 1. The summed E-state index contributed by atoms with van der Waals surface area (Å²) in [7, 11) is 0. The molecule has 1 aromatic carbocycles. The number of hydrogen-bond donors (Lipinski definition) is 0. The largest absolute Gasteiger partial charge is 0.311 e. The zero-order chi connectivity index (χ0) is 11.0. The van der Waals surface area contributed by atoms with E-state index in [4.69, 9.17) is 0 Å². The smallest absolute Gasteiger partial charge is 0.228 e. The summed E-state index contributed by atoms with van der Waals surface area (Å²) >= 11 is 6.46. The number of anilines is 1. The van der Waals surface area contributed by atoms with E-state index >= 15 is 0 Å². The molecule has 2 nitrogen and oxygen atoms in total. The molecule has 0 radical (unpaired) electrons. The van der Waals surface area contributed by atoms with Crippen molar-refractivity contribution in [3.05, 3.63) is 28.5 Å². The highest BCUT2D eigenvalue weighted by molar-refractivity contribution is 9.10. The number of halogens is 3. The molecule has 0 aromatic heterocycles. The molecule has 0 N–H and O–H groups in total. The maximum absolute atomic E-state index is 13.3. The molecular weight excluding hydrogens is 329 g/mol. The lowest BCUT2D eigenvalue weighted by Crippen LogP contribution is -2.24. The van der Waals surface area contributed by atoms with Crippen LogP contribution in [0.2, 0.25) is 0 Å². The van der Waals surface area contributed by atoms with Crippen LogP contribution in [0, 0.1) is 5.82 Å². The molecule has 2 rings (SSSR count). The van der Waals surface area contributed by atoms with E-state index in [1.165, 1.54) is 6.07 Å². The predicted molar refractivity (Wildman–Crippen MR) is 63.8 cm³/mol. The van der Waals surface area contributed by atoms with Crippen LogP contribution < -0.4 is 4.90 Å². The molecule has 0 spiro atoms. The van der Waals surface area contributed by atoms with Gasteiger partial charge in [0.05, 0.1) is 4.47 Å². The van der Waals surface area contributed by atoms with Crippen molar-refractivity contribution in [2.24, 2.45) is 0 Å². The SMILES string of the molecule is O=C1CC(Br)CN1c1ccc(Br)c(F)c1. The summed E-state index contributed by atoms with van der Waals surface area (Å²) in [6.07, 6.45) is 0.470. The van der Waals surface area contributed by atoms with Crippen LogP contribution in [0.1, 0.15) is 6.42 Å². The van der Waals surface area contributed by atoms with Crippen molar-refractivity contribution in [3.63, 3.8) is 0 Å². The zero-order valence-corrected chi connectivity index (χ0v) is 10.9. The van der Waals surface area contributed by atoms with E-state index in [2.05, 4.69) is 31.9 Å². The lowest BCUT2D eigenvalue weighted by atomic mass is 10.3. The maximum atomic E-state index is 13.3. The molecule has 1 aliphatic rings. The van der Waals surface area contributed by atoms with Crippen molar-refractivity contribution in [1.29, 1.82) is 0 Å². The first kappa shape index (κ1) is 11.1. The highest BCUT2D eigenvalue weighted by Gasteiger charge is 2.28. The quantitative estimate of drug-likeness (QED) is 0.722. The molecule has 1 fully saturated rings. The molecule has 5 heteroatoms. The molecule has 80 valence electrons. The monoisotopic (exact) mass is 335 g/mol. The van der Waals surface area contributed by atoms with Crippen molar-refractivity contribution < 1.29 is 9.18 Å². The van der Waals surface area contributed by atoms with Crippen LogP contribution in [-0.4, -0.2) is 17.3 Å². The topological polar surface area (TPSA) is 20.3 Å². The van der Waals surface area contributed by atoms with Crippen LogP contribution in [0.4, 0.5) is 10.1 Å². The first-order valence-electron chi connectivity index (χ1n) is 4.47. The van der Waals surface area contributed by atoms with Crippen LogP contribution in [0.25, 0.3) is 0 Å². The van der Waals surface area contributed by atoms with E-state index in [1.54, 1.807) is 17.0 Å². The molecule has 0 saturated carbocycles. The average Bonchev–Trinajstić information content (AvgIpc) is 2.50. The Labute approximate surface area is 104 Å². The normalized spacial score (nSPS) is 21.1. The summed E-state index contributed by atoms with van der Waals surface area (Å²) in [6.45, 7) is 0.597. The van der Waals surface area contributed by atoms with Gasteiger partial charge in [-0.2, -0.15) is 0 Å². The Hall–Kier alpha value is -0.420. The Balaban J connectivity index is 2.30. The van der Waals surface area contributed by atoms with Crippen LogP contribution in [0.15, 0.2) is 22.7 Å². The fourth-order valence-corrected chi connectivity index (χ4v) is 2.38. The van der Waals surface area contributed by atoms with E-state index in [-0.39, 0.29) is 16.6 Å². The Morgan fingerprint density at radius 3 is 2.73 bits per heavy atom. The Bertz CT molecular complexity index is 410. The van der Waals surface area contributed by atoms with Crippen molar-refractivity contribution >= 4 is 43.5 Å². The number of alkyl halides is 1. The van der Waals surface area contributed by atoms with Crippen molar-refractivity contribution in [1.82, 2.24) is 0 Å². The minimum absolute atomic E-state index is 0.0265. The molecule has 0 bridgehead atoms. The van der Waals surface area contributed by atoms with Crippen LogP contribution in [0.3, 0.4) is 0 Å². The molecule has 1 unspecified atom stereocenters. The Morgan fingerprint density at radius 2 is 2.20 bits per heavy atom. The van der Waals surface area contributed by atoms with E-state index in [1.807, 2.05) is 0 Å². The molecular formula is C10H8Br2FNO. The Morgan fingerprint density at radius 1 is 1.47 bits per heavy atom. The van der Waals surface area contributed by atoms with Crippen molar-refractivity contribution in [2.45, 2.75) is 11.2 Å². The number of benzene rings is 1. The number of carbonyl (C=O) groups excluding carboxylic acids is 1. The summed E-state index contributed by atoms with van der Waals surface area (Å²) in [5, 5.41) is 0. The van der Waals surface area contributed by atoms with Gasteiger partial charge in [0.25, 0.3) is 0 Å². The van der Waals surface area contributed by atoms with Gasteiger partial charge in [-0.05, 0) is 34.1 Å². The third-order valence-electron chi connectivity index (χ3n) is 2.29. The van der Waals surface area contributed by atoms with Gasteiger partial charge in [-0.15, -0.1) is 0 Å². The van der Waals surface area contributed by atoms with Gasteiger partial charge < -0.3 is 4.90 Å². The van der Waals surface area contributed by atoms with Gasteiger partial charge in [0.2, 0.25) is 5.91 Å². The van der Waals surface area contributed by atoms with Crippen molar-refractivity contribution in [2.75, 3.05) is 11.4 Å². The molecule has 1 heterocycles. The standard InChI is InChI=1S/C10H8Br2FNO/c11-6-3-10(15)14(5-6)7-1-2-8(12)9(13)4-7/h1-2,4,6H,3,5H2. The fourth-order valence-electron chi connectivity index (χ4n) is 1.57. The lowest BCUT2D eigenvalue weighted by Gasteiger charge is -2.16. The number of carbonyl (C=O) groups is 1. The summed E-state index contributed by atoms with van der Waals surface area (Å²) < 4.78 is 13.7. The van der Waals surface area contributed by atoms with E-state index in [9.17, 15) is 9.18 Å². The van der Waals surface area contributed by atoms with Gasteiger partial charge in [-0.3, -0.25) is 4.79 Å². The third-order valence-corrected chi connectivity index (χ3v) is 3.55. The lowest BCUT2D eigenvalue weighted by molar-refractivity contribution is -0.117. The molecule has 15 heavy (non-hydrogen) atoms. The Kier molecular flexibility index (Phi) is 3.11. The predicted octanol–water partition coefficient (Wildman–Crippen LogP) is 3.09. The molecule has 1 atom stereocenters. The third kappa shape index (κ3) is 2.23. The van der Waals surface area contributed by atoms with Crippen molar-refractivity contribution in [3.8, 4) is 0 Å². The van der Waals surface area contributed by atoms with Gasteiger partial charge in [-0.25, -0.2) is 4.39 Å². The van der Waals surface area contributed by atoms with E-state index < -0.39 is 0 Å². The summed E-state index contributed by atoms with van der Waals surface area (Å²) in [5.41, 5.74) is 0.614. The fraction of sp³-hybridized carbons (Fsp3) is 0.300. The second-order valence-corrected chi connectivity index (χ2v) is 5.55. The number of hydrogen-bond acceptors (Lipinski definition) is 1. The van der Waals surface area contributed by atoms with Crippen LogP contribution >= 0.6 is 31.9 Å². The van der Waals surface area contributed by atoms with Gasteiger partial charge in [-0.1, -0.05) is 15.9 Å². The van der Waals surface area contributed by atoms with Gasteiger partial charge >= 0.3 is 0 Å². The molecule has 1 amide bonds. The highest BCUT2D eigenvalue weighted by atomic mass is 79.9. The average molecular weight is 337 g/mol. The number of nitrogens with zero attached hydrogens (tertiary/aromatic N) is 1. The maximum Gasteiger partial charge on any atom is 0.228 e. The van der Waals surface area contributed by atoms with Gasteiger partial charge in [0.15, 0.2) is 0 Å². The summed E-state index contributed by atoms with van der Waals surface area (Å²) in [4.78, 5) is 13.3. The summed E-state index contributed by atoms with van der Waals surface area (Å²) in [6, 6.07) is 4.71. The highest BCUT2D eigenvalue weighted by Crippen LogP contribution is 2.27. The first-order valence-corrected chi connectivity index (χ1v) is 6.18.